The molecule has 5 nitrogen and oxygen atoms in total. The van der Waals surface area contributed by atoms with Crippen molar-refractivity contribution in [2.45, 2.75) is 6.04 Å². The second-order valence-electron chi connectivity index (χ2n) is 4.66. The molecule has 0 bridgehead atoms. The number of carbonyl (C=O) groups is 1. The number of phenols is 1. The zero-order chi connectivity index (χ0) is 17.9. The molecule has 0 aliphatic rings. The first kappa shape index (κ1) is 17.1. The molecule has 8 heteroatoms. The summed E-state index contributed by atoms with van der Waals surface area (Å²) < 4.78 is 45.2. The Balaban J connectivity index is 2.37. The van der Waals surface area contributed by atoms with Crippen LogP contribution in [0.3, 0.4) is 0 Å². The van der Waals surface area contributed by atoms with Crippen molar-refractivity contribution in [3.8, 4) is 17.6 Å². The number of benzene rings is 2. The molecule has 124 valence electrons. The monoisotopic (exact) mass is 336 g/mol. The first-order valence-electron chi connectivity index (χ1n) is 6.60. The van der Waals surface area contributed by atoms with E-state index in [4.69, 9.17) is 9.84 Å². The van der Waals surface area contributed by atoms with E-state index in [0.29, 0.717) is 17.4 Å². The molecule has 24 heavy (non-hydrogen) atoms. The van der Waals surface area contributed by atoms with Crippen LogP contribution in [-0.4, -0.2) is 18.1 Å². The number of nitrogens with one attached hydrogen (secondary N) is 1. The fraction of sp³-hybridized carbons (Fsp3) is 0.125. The molecule has 1 unspecified atom stereocenters. The van der Waals surface area contributed by atoms with Crippen LogP contribution in [0.4, 0.5) is 13.2 Å². The topological polar surface area (TPSA) is 82.3 Å². The molecule has 2 aromatic rings. The lowest BCUT2D eigenvalue weighted by Crippen LogP contribution is -2.29. The Morgan fingerprint density at radius 2 is 1.96 bits per heavy atom. The van der Waals surface area contributed by atoms with Crippen LogP contribution in [0, 0.1) is 28.8 Å². The number of methoxy groups -OCH3 is 1. The smallest absolute Gasteiger partial charge is 0.255 e. The van der Waals surface area contributed by atoms with Crippen molar-refractivity contribution >= 4 is 5.91 Å². The van der Waals surface area contributed by atoms with E-state index < -0.39 is 40.7 Å². The Bertz CT molecular complexity index is 834. The van der Waals surface area contributed by atoms with E-state index in [0.717, 1.165) is 0 Å². The van der Waals surface area contributed by atoms with Crippen molar-refractivity contribution in [1.82, 2.24) is 5.32 Å². The summed E-state index contributed by atoms with van der Waals surface area (Å²) in [5, 5.41) is 20.5. The number of nitriles is 1. The lowest BCUT2D eigenvalue weighted by atomic mass is 10.1. The van der Waals surface area contributed by atoms with Gasteiger partial charge < -0.3 is 15.2 Å². The molecule has 1 amide bonds. The number of hydrogen-bond acceptors (Lipinski definition) is 4. The molecule has 2 rings (SSSR count). The number of aromatic hydroxyl groups is 1. The van der Waals surface area contributed by atoms with Crippen LogP contribution in [0.5, 0.6) is 11.5 Å². The van der Waals surface area contributed by atoms with Gasteiger partial charge in [-0.25, -0.2) is 8.78 Å². The molecule has 2 N–H and O–H groups in total. The van der Waals surface area contributed by atoms with Crippen molar-refractivity contribution in [2.24, 2.45) is 0 Å². The van der Waals surface area contributed by atoms with Crippen LogP contribution < -0.4 is 10.1 Å². The van der Waals surface area contributed by atoms with Crippen molar-refractivity contribution in [2.75, 3.05) is 7.11 Å². The zero-order valence-corrected chi connectivity index (χ0v) is 12.3. The molecule has 0 spiro atoms. The van der Waals surface area contributed by atoms with Gasteiger partial charge >= 0.3 is 0 Å². The van der Waals surface area contributed by atoms with E-state index >= 15 is 0 Å². The summed E-state index contributed by atoms with van der Waals surface area (Å²) in [5.74, 6) is -7.51. The number of nitrogens with zero attached hydrogens (tertiary/aromatic N) is 1. The summed E-state index contributed by atoms with van der Waals surface area (Å²) in [6.45, 7) is 0. The molecule has 2 aromatic carbocycles. The number of rotatable bonds is 4. The van der Waals surface area contributed by atoms with Gasteiger partial charge in [0.15, 0.2) is 17.4 Å². The minimum Gasteiger partial charge on any atom is -0.503 e. The molecule has 1 atom stereocenters. The van der Waals surface area contributed by atoms with Gasteiger partial charge in [0.2, 0.25) is 5.82 Å². The number of phenolic OH excluding ortho intramolecular Hbond substituents is 1. The average molecular weight is 336 g/mol. The first-order chi connectivity index (χ1) is 11.4. The van der Waals surface area contributed by atoms with Gasteiger partial charge in [-0.3, -0.25) is 4.79 Å². The highest BCUT2D eigenvalue weighted by atomic mass is 19.2. The summed E-state index contributed by atoms with van der Waals surface area (Å²) in [7, 11) is 1.36. The minimum atomic E-state index is -1.80. The Morgan fingerprint density at radius 3 is 2.58 bits per heavy atom. The maximum Gasteiger partial charge on any atom is 0.255 e. The number of hydrogen-bond donors (Lipinski definition) is 2. The van der Waals surface area contributed by atoms with Crippen LogP contribution >= 0.6 is 0 Å². The van der Waals surface area contributed by atoms with Gasteiger partial charge in [-0.15, -0.1) is 0 Å². The van der Waals surface area contributed by atoms with Crippen LogP contribution in [0.25, 0.3) is 0 Å². The quantitative estimate of drug-likeness (QED) is 0.841. The standard InChI is InChI=1S/C16H11F3N2O3/c1-24-12-5-3-2-4-8(12)11(7-20)21-16(23)9-6-10(17)14(19)15(22)13(9)18/h2-6,11,22H,1H3,(H,21,23). The van der Waals surface area contributed by atoms with Crippen LogP contribution in [0.15, 0.2) is 30.3 Å². The van der Waals surface area contributed by atoms with E-state index in [1.807, 2.05) is 0 Å². The average Bonchev–Trinajstić information content (AvgIpc) is 2.60. The SMILES string of the molecule is COc1ccccc1C(C#N)NC(=O)c1cc(F)c(F)c(O)c1F. The normalized spacial score (nSPS) is 11.5. The van der Waals surface area contributed by atoms with Crippen molar-refractivity contribution in [3.63, 3.8) is 0 Å². The summed E-state index contributed by atoms with van der Waals surface area (Å²) in [4.78, 5) is 12.1. The molecule has 0 radical (unpaired) electrons. The Kier molecular flexibility index (Phi) is 4.94. The third-order valence-electron chi connectivity index (χ3n) is 3.23. The van der Waals surface area contributed by atoms with E-state index in [2.05, 4.69) is 5.32 Å². The Morgan fingerprint density at radius 1 is 1.29 bits per heavy atom. The van der Waals surface area contributed by atoms with Crippen molar-refractivity contribution < 1.29 is 27.8 Å². The van der Waals surface area contributed by atoms with Gasteiger partial charge in [-0.2, -0.15) is 9.65 Å². The Labute approximate surface area is 134 Å². The van der Waals surface area contributed by atoms with Crippen LogP contribution in [0.2, 0.25) is 0 Å². The number of carbonyl (C=O) groups excluding carboxylic acids is 1. The molecule has 0 saturated heterocycles. The third-order valence-corrected chi connectivity index (χ3v) is 3.23. The fourth-order valence-corrected chi connectivity index (χ4v) is 2.05. The van der Waals surface area contributed by atoms with Gasteiger partial charge in [0, 0.05) is 5.56 Å². The van der Waals surface area contributed by atoms with Crippen LogP contribution in [0.1, 0.15) is 22.0 Å². The highest BCUT2D eigenvalue weighted by Gasteiger charge is 2.25. The zero-order valence-electron chi connectivity index (χ0n) is 12.3. The molecule has 0 saturated carbocycles. The second kappa shape index (κ2) is 6.91. The van der Waals surface area contributed by atoms with E-state index in [1.54, 1.807) is 24.3 Å². The minimum absolute atomic E-state index is 0.295. The molecular weight excluding hydrogens is 325 g/mol. The number of amides is 1. The summed E-state index contributed by atoms with van der Waals surface area (Å²) in [5.41, 5.74) is -0.635. The number of halogens is 3. The highest BCUT2D eigenvalue weighted by Crippen LogP contribution is 2.28. The third kappa shape index (κ3) is 3.10. The predicted octanol–water partition coefficient (Wildman–Crippen LogP) is 2.81. The second-order valence-corrected chi connectivity index (χ2v) is 4.66. The molecular formula is C16H11F3N2O3. The van der Waals surface area contributed by atoms with Crippen molar-refractivity contribution in [3.05, 3.63) is 58.9 Å². The summed E-state index contributed by atoms with van der Waals surface area (Å²) in [6.07, 6.45) is 0. The summed E-state index contributed by atoms with van der Waals surface area (Å²) >= 11 is 0. The fourth-order valence-electron chi connectivity index (χ4n) is 2.05. The van der Waals surface area contributed by atoms with Gasteiger partial charge in [0.1, 0.15) is 11.8 Å². The van der Waals surface area contributed by atoms with Gasteiger partial charge in [-0.05, 0) is 12.1 Å². The molecule has 0 fully saturated rings. The van der Waals surface area contributed by atoms with Crippen molar-refractivity contribution in [1.29, 1.82) is 5.26 Å². The first-order valence-corrected chi connectivity index (χ1v) is 6.60. The largest absolute Gasteiger partial charge is 0.503 e. The lowest BCUT2D eigenvalue weighted by Gasteiger charge is -2.15. The van der Waals surface area contributed by atoms with E-state index in [-0.39, 0.29) is 0 Å². The van der Waals surface area contributed by atoms with E-state index in [1.165, 1.54) is 13.2 Å². The van der Waals surface area contributed by atoms with E-state index in [9.17, 15) is 23.2 Å². The molecule has 0 aliphatic carbocycles. The molecule has 0 heterocycles. The number of para-hydroxylation sites is 1. The molecule has 0 aliphatic heterocycles. The summed E-state index contributed by atoms with van der Waals surface area (Å²) in [6, 6.07) is 7.16. The maximum absolute atomic E-state index is 13.8. The predicted molar refractivity (Wildman–Crippen MR) is 76.8 cm³/mol. The van der Waals surface area contributed by atoms with Crippen LogP contribution in [-0.2, 0) is 0 Å². The number of ether oxygens (including phenoxy) is 1. The van der Waals surface area contributed by atoms with Gasteiger partial charge in [0.25, 0.3) is 5.91 Å². The van der Waals surface area contributed by atoms with Gasteiger partial charge in [-0.1, -0.05) is 18.2 Å². The molecule has 0 aromatic heterocycles. The Hall–Kier alpha value is -3.21. The lowest BCUT2D eigenvalue weighted by molar-refractivity contribution is 0.0939. The highest BCUT2D eigenvalue weighted by molar-refractivity contribution is 5.95. The van der Waals surface area contributed by atoms with Gasteiger partial charge in [0.05, 0.1) is 18.7 Å². The maximum atomic E-state index is 13.8.